The van der Waals surface area contributed by atoms with E-state index in [0.717, 1.165) is 22.0 Å². The van der Waals surface area contributed by atoms with Gasteiger partial charge in [0.1, 0.15) is 11.6 Å². The van der Waals surface area contributed by atoms with Crippen molar-refractivity contribution in [1.82, 2.24) is 9.97 Å². The van der Waals surface area contributed by atoms with Gasteiger partial charge in [0.05, 0.1) is 18.2 Å². The third kappa shape index (κ3) is 5.21. The van der Waals surface area contributed by atoms with Crippen LogP contribution in [-0.4, -0.2) is 29.1 Å². The molecule has 2 heterocycles. The fourth-order valence-corrected chi connectivity index (χ4v) is 3.43. The molecule has 4 rings (SSSR count). The number of benzene rings is 2. The summed E-state index contributed by atoms with van der Waals surface area (Å²) in [4.78, 5) is 32.6. The number of nitrogens with two attached hydrogens (primary N) is 1. The Balaban J connectivity index is 1.53. The van der Waals surface area contributed by atoms with Gasteiger partial charge < -0.3 is 25.8 Å². The van der Waals surface area contributed by atoms with Crippen LogP contribution in [0.2, 0.25) is 0 Å². The number of aromatic nitrogens is 2. The van der Waals surface area contributed by atoms with Crippen LogP contribution in [-0.2, 0) is 6.54 Å². The monoisotopic (exact) mass is 457 g/mol. The number of pyridine rings is 2. The molecule has 0 saturated heterocycles. The van der Waals surface area contributed by atoms with E-state index in [0.29, 0.717) is 29.4 Å². The third-order valence-corrected chi connectivity index (χ3v) is 5.11. The number of methoxy groups -OCH3 is 1. The molecule has 0 bridgehead atoms. The van der Waals surface area contributed by atoms with E-state index in [1.165, 1.54) is 6.20 Å². The maximum atomic E-state index is 13.1. The number of aryl methyl sites for hydroxylation is 1. The highest BCUT2D eigenvalue weighted by atomic mass is 16.6. The SMILES string of the molecule is COc1ccc2cc(C)c(NC(=O)c3ccccc3NCc3ccnc(OC(N)=O)c3)nc2c1. The molecule has 9 nitrogen and oxygen atoms in total. The Morgan fingerprint density at radius 1 is 1.06 bits per heavy atom. The number of amides is 2. The van der Waals surface area contributed by atoms with E-state index < -0.39 is 6.09 Å². The molecule has 9 heteroatoms. The molecular formula is C25H23N5O4. The Bertz CT molecular complexity index is 1370. The van der Waals surface area contributed by atoms with Crippen molar-refractivity contribution < 1.29 is 19.1 Å². The first-order valence-electron chi connectivity index (χ1n) is 10.4. The van der Waals surface area contributed by atoms with Crippen LogP contribution in [0.1, 0.15) is 21.5 Å². The molecule has 0 spiro atoms. The number of nitrogens with one attached hydrogen (secondary N) is 2. The van der Waals surface area contributed by atoms with Crippen molar-refractivity contribution in [2.75, 3.05) is 17.7 Å². The molecule has 0 fully saturated rings. The Hall–Kier alpha value is -4.66. The van der Waals surface area contributed by atoms with Crippen molar-refractivity contribution in [1.29, 1.82) is 0 Å². The number of primary amides is 1. The molecule has 0 unspecified atom stereocenters. The third-order valence-electron chi connectivity index (χ3n) is 5.11. The number of fused-ring (bicyclic) bond motifs is 1. The van der Waals surface area contributed by atoms with E-state index in [2.05, 4.69) is 20.6 Å². The molecule has 2 aromatic heterocycles. The van der Waals surface area contributed by atoms with Gasteiger partial charge in [0.25, 0.3) is 5.91 Å². The number of para-hydroxylation sites is 1. The lowest BCUT2D eigenvalue weighted by Gasteiger charge is -2.14. The molecule has 0 aliphatic rings. The number of carbonyl (C=O) groups is 2. The zero-order valence-corrected chi connectivity index (χ0v) is 18.7. The zero-order chi connectivity index (χ0) is 24.1. The molecular weight excluding hydrogens is 434 g/mol. The first kappa shape index (κ1) is 22.5. The van der Waals surface area contributed by atoms with Crippen LogP contribution in [0.4, 0.5) is 16.3 Å². The summed E-state index contributed by atoms with van der Waals surface area (Å²) in [6.07, 6.45) is 0.576. The van der Waals surface area contributed by atoms with Gasteiger partial charge in [-0.05, 0) is 54.4 Å². The van der Waals surface area contributed by atoms with E-state index in [-0.39, 0.29) is 11.8 Å². The summed E-state index contributed by atoms with van der Waals surface area (Å²) >= 11 is 0. The minimum Gasteiger partial charge on any atom is -0.497 e. The summed E-state index contributed by atoms with van der Waals surface area (Å²) < 4.78 is 10.1. The summed E-state index contributed by atoms with van der Waals surface area (Å²) in [6, 6.07) is 18.1. The predicted octanol–water partition coefficient (Wildman–Crippen LogP) is 4.27. The quantitative estimate of drug-likeness (QED) is 0.378. The second-order valence-corrected chi connectivity index (χ2v) is 7.49. The average molecular weight is 457 g/mol. The van der Waals surface area contributed by atoms with E-state index in [9.17, 15) is 9.59 Å². The molecule has 0 saturated carbocycles. The average Bonchev–Trinajstić information content (AvgIpc) is 2.83. The van der Waals surface area contributed by atoms with Crippen LogP contribution in [0.25, 0.3) is 10.9 Å². The van der Waals surface area contributed by atoms with Crippen molar-refractivity contribution in [2.45, 2.75) is 13.5 Å². The smallest absolute Gasteiger partial charge is 0.411 e. The van der Waals surface area contributed by atoms with Gasteiger partial charge in [-0.2, -0.15) is 0 Å². The van der Waals surface area contributed by atoms with Crippen LogP contribution in [0, 0.1) is 6.92 Å². The lowest BCUT2D eigenvalue weighted by atomic mass is 10.1. The molecule has 0 radical (unpaired) electrons. The maximum Gasteiger partial charge on any atom is 0.411 e. The Morgan fingerprint density at radius 2 is 1.88 bits per heavy atom. The van der Waals surface area contributed by atoms with Gasteiger partial charge in [0, 0.05) is 35.9 Å². The van der Waals surface area contributed by atoms with Crippen molar-refractivity contribution >= 4 is 34.4 Å². The van der Waals surface area contributed by atoms with Crippen LogP contribution in [0.5, 0.6) is 11.6 Å². The summed E-state index contributed by atoms with van der Waals surface area (Å²) in [5, 5.41) is 7.11. The largest absolute Gasteiger partial charge is 0.497 e. The van der Waals surface area contributed by atoms with Crippen molar-refractivity contribution in [2.24, 2.45) is 5.73 Å². The van der Waals surface area contributed by atoms with Crippen LogP contribution in [0.15, 0.2) is 66.9 Å². The van der Waals surface area contributed by atoms with Crippen LogP contribution >= 0.6 is 0 Å². The van der Waals surface area contributed by atoms with Crippen LogP contribution in [0.3, 0.4) is 0 Å². The highest BCUT2D eigenvalue weighted by molar-refractivity contribution is 6.08. The predicted molar refractivity (Wildman–Crippen MR) is 129 cm³/mol. The number of anilines is 2. The molecule has 34 heavy (non-hydrogen) atoms. The second kappa shape index (κ2) is 9.86. The first-order chi connectivity index (χ1) is 16.4. The molecule has 2 aromatic carbocycles. The van der Waals surface area contributed by atoms with Gasteiger partial charge in [-0.15, -0.1) is 0 Å². The minimum atomic E-state index is -0.935. The number of nitrogens with zero attached hydrogens (tertiary/aromatic N) is 2. The molecule has 0 aliphatic carbocycles. The summed E-state index contributed by atoms with van der Waals surface area (Å²) in [5.41, 5.74) is 8.49. The molecule has 2 amide bonds. The lowest BCUT2D eigenvalue weighted by Crippen LogP contribution is -2.17. The normalized spacial score (nSPS) is 10.5. The van der Waals surface area contributed by atoms with Gasteiger partial charge >= 0.3 is 6.09 Å². The molecule has 4 aromatic rings. The van der Waals surface area contributed by atoms with Gasteiger partial charge in [0.15, 0.2) is 0 Å². The molecule has 4 N–H and O–H groups in total. The number of rotatable bonds is 7. The minimum absolute atomic E-state index is 0.104. The topological polar surface area (TPSA) is 128 Å². The van der Waals surface area contributed by atoms with Crippen LogP contribution < -0.4 is 25.8 Å². The van der Waals surface area contributed by atoms with Crippen molar-refractivity contribution in [3.05, 3.63) is 83.6 Å². The Labute approximate surface area is 195 Å². The highest BCUT2D eigenvalue weighted by Crippen LogP contribution is 2.25. The number of hydrogen-bond acceptors (Lipinski definition) is 7. The zero-order valence-electron chi connectivity index (χ0n) is 18.7. The number of ether oxygens (including phenoxy) is 2. The maximum absolute atomic E-state index is 13.1. The summed E-state index contributed by atoms with van der Waals surface area (Å²) in [6.45, 7) is 2.26. The summed E-state index contributed by atoms with van der Waals surface area (Å²) in [5.74, 6) is 0.972. The molecule has 0 atom stereocenters. The fraction of sp³-hybridized carbons (Fsp3) is 0.120. The lowest BCUT2D eigenvalue weighted by molar-refractivity contribution is 0.102. The standard InChI is InChI=1S/C25H23N5O4/c1-15-11-17-7-8-18(33-2)13-21(17)29-23(15)30-24(31)19-5-3-4-6-20(19)28-14-16-9-10-27-22(12-16)34-25(26)32/h3-13,28H,14H2,1-2H3,(H2,26,32)(H,29,30,31). The molecule has 0 aliphatic heterocycles. The van der Waals surface area contributed by atoms with Crippen molar-refractivity contribution in [3.8, 4) is 11.6 Å². The Morgan fingerprint density at radius 3 is 2.68 bits per heavy atom. The second-order valence-electron chi connectivity index (χ2n) is 7.49. The van der Waals surface area contributed by atoms with Gasteiger partial charge in [-0.3, -0.25) is 4.79 Å². The van der Waals surface area contributed by atoms with Gasteiger partial charge in [-0.1, -0.05) is 12.1 Å². The number of carbonyl (C=O) groups excluding carboxylic acids is 2. The highest BCUT2D eigenvalue weighted by Gasteiger charge is 2.14. The van der Waals surface area contributed by atoms with Gasteiger partial charge in [-0.25, -0.2) is 14.8 Å². The van der Waals surface area contributed by atoms with Gasteiger partial charge in [0.2, 0.25) is 5.88 Å². The van der Waals surface area contributed by atoms with Crippen molar-refractivity contribution in [3.63, 3.8) is 0 Å². The van der Waals surface area contributed by atoms with E-state index in [4.69, 9.17) is 15.2 Å². The van der Waals surface area contributed by atoms with E-state index in [1.54, 1.807) is 31.4 Å². The number of hydrogen-bond donors (Lipinski definition) is 3. The summed E-state index contributed by atoms with van der Waals surface area (Å²) in [7, 11) is 1.60. The molecule has 172 valence electrons. The Kier molecular flexibility index (Phi) is 6.54. The first-order valence-corrected chi connectivity index (χ1v) is 10.4. The van der Waals surface area contributed by atoms with E-state index in [1.807, 2.05) is 43.3 Å². The van der Waals surface area contributed by atoms with E-state index >= 15 is 0 Å². The fourth-order valence-electron chi connectivity index (χ4n) is 3.43.